The van der Waals surface area contributed by atoms with Crippen molar-refractivity contribution in [2.24, 2.45) is 4.99 Å². The molecule has 11 heteroatoms. The van der Waals surface area contributed by atoms with Crippen molar-refractivity contribution in [3.8, 4) is 0 Å². The third-order valence-electron chi connectivity index (χ3n) is 5.17. The average Bonchev–Trinajstić information content (AvgIpc) is 2.72. The molecular weight excluding hydrogens is 514 g/mol. The summed E-state index contributed by atoms with van der Waals surface area (Å²) >= 11 is 30.5. The first-order valence-electron chi connectivity index (χ1n) is 9.34. The summed E-state index contributed by atoms with van der Waals surface area (Å²) < 4.78 is 5.08. The molecule has 0 spiro atoms. The Morgan fingerprint density at radius 2 is 1.66 bits per heavy atom. The highest BCUT2D eigenvalue weighted by molar-refractivity contribution is 7.80. The summed E-state index contributed by atoms with van der Waals surface area (Å²) in [6.07, 6.45) is -0.534. The van der Waals surface area contributed by atoms with Gasteiger partial charge in [-0.1, -0.05) is 58.5 Å². The summed E-state index contributed by atoms with van der Waals surface area (Å²) in [6.45, 7) is 1.80. The Bertz CT molecular complexity index is 1200. The Hall–Kier alpha value is -2.03. The van der Waals surface area contributed by atoms with Gasteiger partial charge in [-0.25, -0.2) is 9.79 Å². The maximum Gasteiger partial charge on any atom is 0.338 e. The van der Waals surface area contributed by atoms with Crippen molar-refractivity contribution < 1.29 is 9.53 Å². The van der Waals surface area contributed by atoms with Crippen LogP contribution in [0.25, 0.3) is 0 Å². The zero-order valence-electron chi connectivity index (χ0n) is 16.7. The summed E-state index contributed by atoms with van der Waals surface area (Å²) in [4.78, 5) is 19.5. The van der Waals surface area contributed by atoms with E-state index in [-0.39, 0.29) is 0 Å². The normalized spacial score (nSPS) is 20.2. The Labute approximate surface area is 210 Å². The van der Waals surface area contributed by atoms with Crippen LogP contribution in [0.3, 0.4) is 0 Å². The van der Waals surface area contributed by atoms with E-state index in [4.69, 9.17) is 68.4 Å². The number of aliphatic imine (C=N–C) groups is 1. The number of nitrogens with zero attached hydrogens (tertiary/aromatic N) is 2. The minimum atomic E-state index is -0.729. The number of hydrogen-bond acceptors (Lipinski definition) is 5. The van der Waals surface area contributed by atoms with E-state index in [1.54, 1.807) is 48.2 Å². The molecule has 2 aromatic carbocycles. The fourth-order valence-corrected chi connectivity index (χ4v) is 4.95. The second-order valence-corrected chi connectivity index (χ2v) is 9.14. The molecule has 0 aromatic heterocycles. The zero-order valence-corrected chi connectivity index (χ0v) is 20.6. The van der Waals surface area contributed by atoms with Gasteiger partial charge in [0.1, 0.15) is 12.2 Å². The minimum absolute atomic E-state index is 0.326. The Morgan fingerprint density at radius 1 is 1.06 bits per heavy atom. The van der Waals surface area contributed by atoms with Crippen molar-refractivity contribution in [3.05, 3.63) is 78.9 Å². The molecule has 1 saturated heterocycles. The summed E-state index contributed by atoms with van der Waals surface area (Å²) in [5.74, 6) is -0.0960. The number of esters is 1. The van der Waals surface area contributed by atoms with Crippen LogP contribution in [0.1, 0.15) is 30.3 Å². The predicted octanol–water partition coefficient (Wildman–Crippen LogP) is 5.64. The molecule has 2 aromatic rings. The minimum Gasteiger partial charge on any atom is -0.466 e. The largest absolute Gasteiger partial charge is 0.466 e. The Balaban J connectivity index is 1.90. The van der Waals surface area contributed by atoms with Gasteiger partial charge in [-0.3, -0.25) is 4.90 Å². The average molecular weight is 530 g/mol. The molecule has 32 heavy (non-hydrogen) atoms. The number of carbonyl (C=O) groups excluding carboxylic acids is 1. The fraction of sp³-hybridized carbons (Fsp3) is 0.190. The lowest BCUT2D eigenvalue weighted by Gasteiger charge is -2.44. The van der Waals surface area contributed by atoms with Gasteiger partial charge in [0.15, 0.2) is 5.11 Å². The molecule has 0 radical (unpaired) electrons. The van der Waals surface area contributed by atoms with Crippen LogP contribution in [-0.4, -0.2) is 29.1 Å². The van der Waals surface area contributed by atoms with Crippen molar-refractivity contribution in [2.75, 3.05) is 7.11 Å². The lowest BCUT2D eigenvalue weighted by Crippen LogP contribution is -2.60. The van der Waals surface area contributed by atoms with Crippen molar-refractivity contribution in [1.29, 1.82) is 0 Å². The molecule has 166 valence electrons. The molecule has 0 saturated carbocycles. The molecule has 2 aliphatic rings. The SMILES string of the molecule is COC(=O)C1=C(C)N2C(=NC1c1ccc(Cl)cc1Cl)NC(=S)NC2c1ccc(Cl)cc1Cl. The van der Waals surface area contributed by atoms with Gasteiger partial charge < -0.3 is 15.4 Å². The quantitative estimate of drug-likeness (QED) is 0.396. The van der Waals surface area contributed by atoms with E-state index in [1.807, 2.05) is 0 Å². The number of benzene rings is 2. The van der Waals surface area contributed by atoms with E-state index in [0.29, 0.717) is 53.6 Å². The molecule has 2 N–H and O–H groups in total. The number of thiocarbonyl (C=S) groups is 1. The van der Waals surface area contributed by atoms with E-state index in [0.717, 1.165) is 0 Å². The molecule has 6 nitrogen and oxygen atoms in total. The highest BCUT2D eigenvalue weighted by atomic mass is 35.5. The van der Waals surface area contributed by atoms with Gasteiger partial charge in [0, 0.05) is 36.9 Å². The highest BCUT2D eigenvalue weighted by Crippen LogP contribution is 2.42. The molecule has 0 bridgehead atoms. The van der Waals surface area contributed by atoms with Gasteiger partial charge in [0.25, 0.3) is 0 Å². The molecule has 2 heterocycles. The van der Waals surface area contributed by atoms with Crippen molar-refractivity contribution in [1.82, 2.24) is 15.5 Å². The van der Waals surface area contributed by atoms with Gasteiger partial charge in [-0.15, -0.1) is 0 Å². The number of hydrogen-bond donors (Lipinski definition) is 2. The van der Waals surface area contributed by atoms with Crippen LogP contribution < -0.4 is 10.6 Å². The second kappa shape index (κ2) is 9.08. The first kappa shape index (κ1) is 23.1. The Morgan fingerprint density at radius 3 is 2.22 bits per heavy atom. The molecule has 0 aliphatic carbocycles. The number of fused-ring (bicyclic) bond motifs is 1. The van der Waals surface area contributed by atoms with Gasteiger partial charge in [0.2, 0.25) is 5.96 Å². The topological polar surface area (TPSA) is 66.0 Å². The second-order valence-electron chi connectivity index (χ2n) is 7.05. The van der Waals surface area contributed by atoms with Crippen LogP contribution in [0.15, 0.2) is 52.7 Å². The van der Waals surface area contributed by atoms with Gasteiger partial charge >= 0.3 is 5.97 Å². The predicted molar refractivity (Wildman–Crippen MR) is 131 cm³/mol. The number of halogens is 4. The van der Waals surface area contributed by atoms with E-state index < -0.39 is 18.2 Å². The summed E-state index contributed by atoms with van der Waals surface area (Å²) in [6, 6.07) is 9.46. The number of allylic oxidation sites excluding steroid dienone is 1. The first-order valence-corrected chi connectivity index (χ1v) is 11.3. The van der Waals surface area contributed by atoms with Crippen molar-refractivity contribution >= 4 is 75.7 Å². The fourth-order valence-electron chi connectivity index (χ4n) is 3.73. The molecule has 4 rings (SSSR count). The summed E-state index contributed by atoms with van der Waals surface area (Å²) in [5, 5.41) is 8.39. The van der Waals surface area contributed by atoms with E-state index >= 15 is 0 Å². The van der Waals surface area contributed by atoms with Crippen LogP contribution in [0, 0.1) is 0 Å². The molecule has 0 amide bonds. The maximum absolute atomic E-state index is 12.9. The van der Waals surface area contributed by atoms with Crippen molar-refractivity contribution in [3.63, 3.8) is 0 Å². The Kier molecular flexibility index (Phi) is 6.56. The van der Waals surface area contributed by atoms with Crippen molar-refractivity contribution in [2.45, 2.75) is 19.1 Å². The van der Waals surface area contributed by atoms with Gasteiger partial charge in [0.05, 0.1) is 12.7 Å². The molecule has 2 aliphatic heterocycles. The monoisotopic (exact) mass is 528 g/mol. The van der Waals surface area contributed by atoms with E-state index in [2.05, 4.69) is 10.6 Å². The van der Waals surface area contributed by atoms with E-state index in [9.17, 15) is 4.79 Å². The lowest BCUT2D eigenvalue weighted by atomic mass is 9.95. The van der Waals surface area contributed by atoms with Gasteiger partial charge in [-0.05, 0) is 43.4 Å². The van der Waals surface area contributed by atoms with Crippen LogP contribution in [0.5, 0.6) is 0 Å². The van der Waals surface area contributed by atoms with Crippen LogP contribution in [0.2, 0.25) is 20.1 Å². The standard InChI is InChI=1S/C21H16Cl4N4O2S/c1-9-16(19(30)31-2)17(12-5-3-10(22)7-14(12)24)26-20-28-21(32)27-18(29(9)20)13-6-4-11(23)8-15(13)25/h3-8,17-18H,1-2H3,(H2,26,27,28,32). The smallest absolute Gasteiger partial charge is 0.338 e. The molecule has 1 fully saturated rings. The summed E-state index contributed by atoms with van der Waals surface area (Å²) in [7, 11) is 1.32. The number of ether oxygens (including phenoxy) is 1. The maximum atomic E-state index is 12.9. The van der Waals surface area contributed by atoms with E-state index in [1.165, 1.54) is 7.11 Å². The summed E-state index contributed by atoms with van der Waals surface area (Å²) in [5.41, 5.74) is 2.23. The zero-order chi connectivity index (χ0) is 23.2. The number of nitrogens with one attached hydrogen (secondary N) is 2. The third-order valence-corrected chi connectivity index (χ3v) is 6.52. The lowest BCUT2D eigenvalue weighted by molar-refractivity contribution is -0.136. The number of methoxy groups -OCH3 is 1. The highest BCUT2D eigenvalue weighted by Gasteiger charge is 2.41. The molecule has 2 atom stereocenters. The number of carbonyl (C=O) groups is 1. The van der Waals surface area contributed by atoms with Crippen LogP contribution in [0.4, 0.5) is 0 Å². The first-order chi connectivity index (χ1) is 15.2. The third kappa shape index (κ3) is 4.16. The molecule has 2 unspecified atom stereocenters. The molecular formula is C21H16Cl4N4O2S. The number of rotatable bonds is 3. The number of guanidine groups is 1. The van der Waals surface area contributed by atoms with Crippen LogP contribution >= 0.6 is 58.6 Å². The van der Waals surface area contributed by atoms with Gasteiger partial charge in [-0.2, -0.15) is 0 Å². The van der Waals surface area contributed by atoms with Crippen LogP contribution in [-0.2, 0) is 9.53 Å².